The summed E-state index contributed by atoms with van der Waals surface area (Å²) in [6.45, 7) is 0.974. The SMILES string of the molecule is OCCCCCCNc1ncc2ncnc(Nc3cc(Cl)ccc3O)c2n1. The molecule has 0 unspecified atom stereocenters. The third-order valence-corrected chi connectivity index (χ3v) is 4.19. The van der Waals surface area contributed by atoms with Gasteiger partial charge < -0.3 is 20.8 Å². The van der Waals surface area contributed by atoms with Crippen molar-refractivity contribution in [2.75, 3.05) is 23.8 Å². The molecule has 142 valence electrons. The van der Waals surface area contributed by atoms with Crippen LogP contribution in [0.2, 0.25) is 5.02 Å². The van der Waals surface area contributed by atoms with Gasteiger partial charge in [-0.1, -0.05) is 24.4 Å². The summed E-state index contributed by atoms with van der Waals surface area (Å²) in [6.07, 6.45) is 6.86. The van der Waals surface area contributed by atoms with E-state index in [4.69, 9.17) is 16.7 Å². The van der Waals surface area contributed by atoms with Crippen LogP contribution in [0, 0.1) is 0 Å². The van der Waals surface area contributed by atoms with E-state index in [2.05, 4.69) is 30.6 Å². The molecule has 0 aliphatic heterocycles. The largest absolute Gasteiger partial charge is 0.506 e. The summed E-state index contributed by atoms with van der Waals surface area (Å²) in [4.78, 5) is 17.2. The lowest BCUT2D eigenvalue weighted by molar-refractivity contribution is 0.283. The van der Waals surface area contributed by atoms with E-state index < -0.39 is 0 Å². The number of unbranched alkanes of at least 4 members (excludes halogenated alkanes) is 3. The summed E-state index contributed by atoms with van der Waals surface area (Å²) in [5, 5.41) is 25.5. The average molecular weight is 389 g/mol. The monoisotopic (exact) mass is 388 g/mol. The van der Waals surface area contributed by atoms with Crippen molar-refractivity contribution in [3.63, 3.8) is 0 Å². The minimum atomic E-state index is 0.0569. The third kappa shape index (κ3) is 5.15. The highest BCUT2D eigenvalue weighted by atomic mass is 35.5. The topological polar surface area (TPSA) is 116 Å². The number of anilines is 3. The van der Waals surface area contributed by atoms with E-state index in [0.29, 0.717) is 33.5 Å². The first-order valence-corrected chi connectivity index (χ1v) is 9.13. The number of phenols is 1. The molecule has 3 aromatic rings. The number of aliphatic hydroxyl groups is 1. The van der Waals surface area contributed by atoms with E-state index in [1.54, 1.807) is 18.3 Å². The summed E-state index contributed by atoms with van der Waals surface area (Å²) >= 11 is 6.00. The lowest BCUT2D eigenvalue weighted by Crippen LogP contribution is -2.07. The predicted octanol–water partition coefficient (Wildman–Crippen LogP) is 3.49. The van der Waals surface area contributed by atoms with Crippen LogP contribution in [0.4, 0.5) is 17.5 Å². The van der Waals surface area contributed by atoms with Gasteiger partial charge in [0.2, 0.25) is 5.95 Å². The molecule has 1 aromatic carbocycles. The van der Waals surface area contributed by atoms with E-state index in [9.17, 15) is 5.11 Å². The Morgan fingerprint density at radius 2 is 1.89 bits per heavy atom. The zero-order valence-electron chi connectivity index (χ0n) is 14.7. The Labute approximate surface area is 161 Å². The van der Waals surface area contributed by atoms with Gasteiger partial charge in [0.1, 0.15) is 23.1 Å². The maximum Gasteiger partial charge on any atom is 0.223 e. The Balaban J connectivity index is 1.75. The highest BCUT2D eigenvalue weighted by Crippen LogP contribution is 2.30. The highest BCUT2D eigenvalue weighted by Gasteiger charge is 2.10. The maximum atomic E-state index is 10.0. The minimum absolute atomic E-state index is 0.0569. The van der Waals surface area contributed by atoms with Crippen LogP contribution in [0.5, 0.6) is 5.75 Å². The standard InChI is InChI=1S/C18H21ClN6O2/c19-12-5-6-15(27)13(9-12)24-17-16-14(22-11-23-17)10-21-18(25-16)20-7-3-1-2-4-8-26/h5-6,9-11,26-27H,1-4,7-8H2,(H,20,21,25)(H,22,23,24). The van der Waals surface area contributed by atoms with Gasteiger partial charge in [0, 0.05) is 18.2 Å². The Morgan fingerprint density at radius 3 is 2.74 bits per heavy atom. The van der Waals surface area contributed by atoms with Crippen LogP contribution in [0.15, 0.2) is 30.7 Å². The lowest BCUT2D eigenvalue weighted by Gasteiger charge is -2.10. The van der Waals surface area contributed by atoms with Gasteiger partial charge in [0.05, 0.1) is 11.9 Å². The molecule has 0 aliphatic rings. The summed E-state index contributed by atoms with van der Waals surface area (Å²) in [6, 6.07) is 4.72. The smallest absolute Gasteiger partial charge is 0.223 e. The predicted molar refractivity (Wildman–Crippen MR) is 106 cm³/mol. The van der Waals surface area contributed by atoms with Crippen LogP contribution < -0.4 is 10.6 Å². The number of fused-ring (bicyclic) bond motifs is 1. The zero-order valence-corrected chi connectivity index (χ0v) is 15.4. The van der Waals surface area contributed by atoms with Crippen LogP contribution in [0.1, 0.15) is 25.7 Å². The summed E-state index contributed by atoms with van der Waals surface area (Å²) in [5.74, 6) is 0.991. The molecule has 27 heavy (non-hydrogen) atoms. The lowest BCUT2D eigenvalue weighted by atomic mass is 10.2. The fourth-order valence-electron chi connectivity index (χ4n) is 2.56. The Kier molecular flexibility index (Phi) is 6.56. The van der Waals surface area contributed by atoms with Crippen molar-refractivity contribution in [1.82, 2.24) is 19.9 Å². The van der Waals surface area contributed by atoms with E-state index >= 15 is 0 Å². The molecule has 0 aliphatic carbocycles. The van der Waals surface area contributed by atoms with Crippen molar-refractivity contribution in [2.45, 2.75) is 25.7 Å². The second kappa shape index (κ2) is 9.29. The van der Waals surface area contributed by atoms with Gasteiger partial charge in [-0.15, -0.1) is 0 Å². The van der Waals surface area contributed by atoms with Gasteiger partial charge in [-0.25, -0.2) is 19.9 Å². The van der Waals surface area contributed by atoms with Gasteiger partial charge in [0.15, 0.2) is 5.82 Å². The van der Waals surface area contributed by atoms with Crippen molar-refractivity contribution < 1.29 is 10.2 Å². The number of rotatable bonds is 9. The van der Waals surface area contributed by atoms with Crippen LogP contribution in [0.25, 0.3) is 11.0 Å². The molecular formula is C18H21ClN6O2. The summed E-state index contributed by atoms with van der Waals surface area (Å²) < 4.78 is 0. The van der Waals surface area contributed by atoms with E-state index in [-0.39, 0.29) is 12.4 Å². The number of halogens is 1. The Hall–Kier alpha value is -2.71. The van der Waals surface area contributed by atoms with Crippen molar-refractivity contribution in [2.24, 2.45) is 0 Å². The first-order chi connectivity index (χ1) is 13.2. The third-order valence-electron chi connectivity index (χ3n) is 3.96. The van der Waals surface area contributed by atoms with Gasteiger partial charge in [-0.3, -0.25) is 0 Å². The zero-order chi connectivity index (χ0) is 19.1. The molecular weight excluding hydrogens is 368 g/mol. The maximum absolute atomic E-state index is 10.0. The number of nitrogens with zero attached hydrogens (tertiary/aromatic N) is 4. The number of benzene rings is 1. The number of nitrogens with one attached hydrogen (secondary N) is 2. The van der Waals surface area contributed by atoms with E-state index in [1.165, 1.54) is 12.4 Å². The molecule has 2 heterocycles. The molecule has 0 amide bonds. The minimum Gasteiger partial charge on any atom is -0.506 e. The number of aromatic nitrogens is 4. The molecule has 4 N–H and O–H groups in total. The summed E-state index contributed by atoms with van der Waals surface area (Å²) in [7, 11) is 0. The molecule has 8 nitrogen and oxygen atoms in total. The van der Waals surface area contributed by atoms with Crippen molar-refractivity contribution in [1.29, 1.82) is 0 Å². The van der Waals surface area contributed by atoms with Crippen LogP contribution >= 0.6 is 11.6 Å². The molecule has 0 fully saturated rings. The van der Waals surface area contributed by atoms with Crippen molar-refractivity contribution in [3.05, 3.63) is 35.7 Å². The van der Waals surface area contributed by atoms with Crippen LogP contribution in [-0.2, 0) is 0 Å². The van der Waals surface area contributed by atoms with Gasteiger partial charge in [-0.05, 0) is 31.0 Å². The quantitative estimate of drug-likeness (QED) is 0.325. The van der Waals surface area contributed by atoms with Crippen LogP contribution in [0.3, 0.4) is 0 Å². The molecule has 0 radical (unpaired) electrons. The van der Waals surface area contributed by atoms with Gasteiger partial charge in [0.25, 0.3) is 0 Å². The normalized spacial score (nSPS) is 10.9. The molecule has 0 atom stereocenters. The van der Waals surface area contributed by atoms with Crippen molar-refractivity contribution in [3.8, 4) is 5.75 Å². The molecule has 2 aromatic heterocycles. The molecule has 0 spiro atoms. The molecule has 0 bridgehead atoms. The molecule has 3 rings (SSSR count). The number of phenolic OH excluding ortho intramolecular Hbond substituents is 1. The van der Waals surface area contributed by atoms with Gasteiger partial charge >= 0.3 is 0 Å². The number of hydrogen-bond donors (Lipinski definition) is 4. The highest BCUT2D eigenvalue weighted by molar-refractivity contribution is 6.31. The average Bonchev–Trinajstić information content (AvgIpc) is 2.68. The molecule has 9 heteroatoms. The first-order valence-electron chi connectivity index (χ1n) is 8.75. The fraction of sp³-hybridized carbons (Fsp3) is 0.333. The number of aromatic hydroxyl groups is 1. The van der Waals surface area contributed by atoms with Gasteiger partial charge in [-0.2, -0.15) is 0 Å². The second-order valence-corrected chi connectivity index (χ2v) is 6.44. The number of aliphatic hydroxyl groups excluding tert-OH is 1. The second-order valence-electron chi connectivity index (χ2n) is 6.00. The van der Waals surface area contributed by atoms with Crippen molar-refractivity contribution >= 4 is 40.1 Å². The van der Waals surface area contributed by atoms with Crippen LogP contribution in [-0.4, -0.2) is 43.3 Å². The Morgan fingerprint density at radius 1 is 1.04 bits per heavy atom. The van der Waals surface area contributed by atoms with E-state index in [0.717, 1.165) is 32.2 Å². The summed E-state index contributed by atoms with van der Waals surface area (Å²) in [5.41, 5.74) is 1.55. The molecule has 0 saturated heterocycles. The fourth-order valence-corrected chi connectivity index (χ4v) is 2.73. The first kappa shape index (κ1) is 19.1. The van der Waals surface area contributed by atoms with E-state index in [1.807, 2.05) is 0 Å². The number of hydrogen-bond acceptors (Lipinski definition) is 8. The molecule has 0 saturated carbocycles. The Bertz CT molecular complexity index is 908.